The van der Waals surface area contributed by atoms with Gasteiger partial charge >= 0.3 is 0 Å². The SMILES string of the molecule is COc1ccc(CC(C)(CN)N(C)CCC(C)C)cc1. The Balaban J connectivity index is 2.71. The molecule has 20 heavy (non-hydrogen) atoms. The fraction of sp³-hybridized carbons (Fsp3) is 0.647. The van der Waals surface area contributed by atoms with E-state index in [2.05, 4.69) is 44.9 Å². The first-order valence-electron chi connectivity index (χ1n) is 7.45. The zero-order valence-electron chi connectivity index (χ0n) is 13.6. The molecule has 114 valence electrons. The van der Waals surface area contributed by atoms with Crippen LogP contribution in [-0.4, -0.2) is 37.7 Å². The molecule has 0 aliphatic carbocycles. The van der Waals surface area contributed by atoms with Gasteiger partial charge in [0.25, 0.3) is 0 Å². The van der Waals surface area contributed by atoms with E-state index in [1.807, 2.05) is 12.1 Å². The molecule has 0 amide bonds. The third-order valence-corrected chi connectivity index (χ3v) is 4.15. The monoisotopic (exact) mass is 278 g/mol. The van der Waals surface area contributed by atoms with Gasteiger partial charge in [-0.1, -0.05) is 26.0 Å². The first kappa shape index (κ1) is 17.0. The summed E-state index contributed by atoms with van der Waals surface area (Å²) >= 11 is 0. The average Bonchev–Trinajstić information content (AvgIpc) is 2.45. The Labute approximate surface area is 124 Å². The lowest BCUT2D eigenvalue weighted by molar-refractivity contribution is 0.137. The van der Waals surface area contributed by atoms with Gasteiger partial charge in [-0.3, -0.25) is 4.90 Å². The van der Waals surface area contributed by atoms with Crippen molar-refractivity contribution in [2.24, 2.45) is 11.7 Å². The summed E-state index contributed by atoms with van der Waals surface area (Å²) in [5, 5.41) is 0. The summed E-state index contributed by atoms with van der Waals surface area (Å²) in [5.41, 5.74) is 7.36. The predicted octanol–water partition coefficient (Wildman–Crippen LogP) is 2.93. The number of benzene rings is 1. The van der Waals surface area contributed by atoms with Crippen LogP contribution in [0.2, 0.25) is 0 Å². The molecular weight excluding hydrogens is 248 g/mol. The highest BCUT2D eigenvalue weighted by atomic mass is 16.5. The Kier molecular flexibility index (Phi) is 6.50. The van der Waals surface area contributed by atoms with Crippen molar-refractivity contribution in [1.29, 1.82) is 0 Å². The van der Waals surface area contributed by atoms with Gasteiger partial charge in [-0.05, 0) is 57.0 Å². The van der Waals surface area contributed by atoms with Crippen LogP contribution in [0, 0.1) is 5.92 Å². The van der Waals surface area contributed by atoms with Crippen LogP contribution in [0.15, 0.2) is 24.3 Å². The third kappa shape index (κ3) is 4.80. The number of hydrogen-bond acceptors (Lipinski definition) is 3. The number of rotatable bonds is 8. The minimum absolute atomic E-state index is 0.00345. The van der Waals surface area contributed by atoms with Crippen LogP contribution in [0.3, 0.4) is 0 Å². The summed E-state index contributed by atoms with van der Waals surface area (Å²) in [6.45, 7) is 8.51. The highest BCUT2D eigenvalue weighted by molar-refractivity contribution is 5.28. The number of nitrogens with zero attached hydrogens (tertiary/aromatic N) is 1. The molecule has 0 spiro atoms. The Morgan fingerprint density at radius 3 is 2.30 bits per heavy atom. The molecule has 1 aromatic carbocycles. The molecule has 1 unspecified atom stereocenters. The molecule has 0 fully saturated rings. The molecule has 1 atom stereocenters. The number of likely N-dealkylation sites (N-methyl/N-ethyl adjacent to an activating group) is 1. The van der Waals surface area contributed by atoms with Gasteiger partial charge in [0.2, 0.25) is 0 Å². The average molecular weight is 278 g/mol. The third-order valence-electron chi connectivity index (χ3n) is 4.15. The van der Waals surface area contributed by atoms with E-state index in [4.69, 9.17) is 10.5 Å². The summed E-state index contributed by atoms with van der Waals surface area (Å²) in [6, 6.07) is 8.28. The molecule has 0 radical (unpaired) electrons. The molecule has 0 bridgehead atoms. The van der Waals surface area contributed by atoms with E-state index >= 15 is 0 Å². The molecule has 0 saturated carbocycles. The maximum atomic E-state index is 6.05. The van der Waals surface area contributed by atoms with Gasteiger partial charge in [0.05, 0.1) is 7.11 Å². The Morgan fingerprint density at radius 1 is 1.25 bits per heavy atom. The normalized spacial score (nSPS) is 14.6. The van der Waals surface area contributed by atoms with E-state index in [0.29, 0.717) is 6.54 Å². The topological polar surface area (TPSA) is 38.5 Å². The lowest BCUT2D eigenvalue weighted by atomic mass is 9.90. The zero-order valence-corrected chi connectivity index (χ0v) is 13.6. The van der Waals surface area contributed by atoms with Crippen molar-refractivity contribution >= 4 is 0 Å². The van der Waals surface area contributed by atoms with Crippen molar-refractivity contribution in [3.63, 3.8) is 0 Å². The van der Waals surface area contributed by atoms with Crippen molar-refractivity contribution in [3.8, 4) is 5.75 Å². The first-order chi connectivity index (χ1) is 9.41. The smallest absolute Gasteiger partial charge is 0.118 e. The van der Waals surface area contributed by atoms with Crippen molar-refractivity contribution in [3.05, 3.63) is 29.8 Å². The molecule has 2 N–H and O–H groups in total. The second-order valence-electron chi connectivity index (χ2n) is 6.33. The Bertz CT molecular complexity index is 388. The molecule has 0 aliphatic rings. The van der Waals surface area contributed by atoms with Gasteiger partial charge in [-0.25, -0.2) is 0 Å². The number of methoxy groups -OCH3 is 1. The van der Waals surface area contributed by atoms with Crippen LogP contribution in [0.5, 0.6) is 5.75 Å². The number of hydrogen-bond donors (Lipinski definition) is 1. The van der Waals surface area contributed by atoms with Crippen molar-refractivity contribution < 1.29 is 4.74 Å². The second-order valence-corrected chi connectivity index (χ2v) is 6.33. The van der Waals surface area contributed by atoms with Gasteiger partial charge < -0.3 is 10.5 Å². The van der Waals surface area contributed by atoms with Crippen LogP contribution >= 0.6 is 0 Å². The summed E-state index contributed by atoms with van der Waals surface area (Å²) in [5.74, 6) is 1.62. The Morgan fingerprint density at radius 2 is 1.85 bits per heavy atom. The molecule has 1 rings (SSSR count). The molecule has 3 heteroatoms. The molecule has 0 aromatic heterocycles. The van der Waals surface area contributed by atoms with Gasteiger partial charge in [0, 0.05) is 12.1 Å². The summed E-state index contributed by atoms with van der Waals surface area (Å²) in [4.78, 5) is 2.40. The van der Waals surface area contributed by atoms with Gasteiger partial charge in [0.1, 0.15) is 5.75 Å². The highest BCUT2D eigenvalue weighted by Crippen LogP contribution is 2.21. The number of ether oxygens (including phenoxy) is 1. The maximum Gasteiger partial charge on any atom is 0.118 e. The molecule has 3 nitrogen and oxygen atoms in total. The van der Waals surface area contributed by atoms with E-state index in [1.165, 1.54) is 12.0 Å². The Hall–Kier alpha value is -1.06. The number of nitrogens with two attached hydrogens (primary N) is 1. The molecule has 1 aromatic rings. The first-order valence-corrected chi connectivity index (χ1v) is 7.45. The largest absolute Gasteiger partial charge is 0.497 e. The van der Waals surface area contributed by atoms with E-state index in [-0.39, 0.29) is 5.54 Å². The summed E-state index contributed by atoms with van der Waals surface area (Å²) in [6.07, 6.45) is 2.16. The quantitative estimate of drug-likeness (QED) is 0.794. The fourth-order valence-electron chi connectivity index (χ4n) is 2.27. The van der Waals surface area contributed by atoms with Crippen molar-refractivity contribution in [1.82, 2.24) is 4.90 Å². The predicted molar refractivity (Wildman–Crippen MR) is 86.2 cm³/mol. The van der Waals surface area contributed by atoms with E-state index in [1.54, 1.807) is 7.11 Å². The van der Waals surface area contributed by atoms with Gasteiger partial charge in [0.15, 0.2) is 0 Å². The summed E-state index contributed by atoms with van der Waals surface area (Å²) in [7, 11) is 3.87. The maximum absolute atomic E-state index is 6.05. The van der Waals surface area contributed by atoms with E-state index in [9.17, 15) is 0 Å². The van der Waals surface area contributed by atoms with Crippen LogP contribution in [0.4, 0.5) is 0 Å². The molecule has 0 aliphatic heterocycles. The fourth-order valence-corrected chi connectivity index (χ4v) is 2.27. The zero-order chi connectivity index (χ0) is 15.2. The minimum atomic E-state index is 0.00345. The summed E-state index contributed by atoms with van der Waals surface area (Å²) < 4.78 is 5.20. The van der Waals surface area contributed by atoms with Gasteiger partial charge in [-0.2, -0.15) is 0 Å². The standard InChI is InChI=1S/C17H30N2O/c1-14(2)10-11-19(4)17(3,13-18)12-15-6-8-16(20-5)9-7-15/h6-9,14H,10-13,18H2,1-5H3. The van der Waals surface area contributed by atoms with Crippen LogP contribution in [0.1, 0.15) is 32.8 Å². The molecule has 0 heterocycles. The molecule has 0 saturated heterocycles. The van der Waals surface area contributed by atoms with Crippen LogP contribution in [0.25, 0.3) is 0 Å². The van der Waals surface area contributed by atoms with Gasteiger partial charge in [-0.15, -0.1) is 0 Å². The highest BCUT2D eigenvalue weighted by Gasteiger charge is 2.27. The van der Waals surface area contributed by atoms with E-state index < -0.39 is 0 Å². The van der Waals surface area contributed by atoms with E-state index in [0.717, 1.165) is 24.6 Å². The van der Waals surface area contributed by atoms with Crippen LogP contribution in [-0.2, 0) is 6.42 Å². The van der Waals surface area contributed by atoms with Crippen LogP contribution < -0.4 is 10.5 Å². The lowest BCUT2D eigenvalue weighted by Gasteiger charge is -2.38. The lowest BCUT2D eigenvalue weighted by Crippen LogP contribution is -2.51. The minimum Gasteiger partial charge on any atom is -0.497 e. The van der Waals surface area contributed by atoms with Crippen molar-refractivity contribution in [2.45, 2.75) is 39.2 Å². The molecular formula is C17H30N2O. The van der Waals surface area contributed by atoms with Crippen molar-refractivity contribution in [2.75, 3.05) is 27.2 Å². The second kappa shape index (κ2) is 7.65.